The lowest BCUT2D eigenvalue weighted by atomic mass is 10.2. The van der Waals surface area contributed by atoms with Crippen LogP contribution >= 0.6 is 0 Å². The fraction of sp³-hybridized carbons (Fsp3) is 0. The molecule has 27 heavy (non-hydrogen) atoms. The zero-order chi connectivity index (χ0) is 18.2. The van der Waals surface area contributed by atoms with Crippen molar-refractivity contribution < 1.29 is 4.74 Å². The molecule has 5 rings (SSSR count). The summed E-state index contributed by atoms with van der Waals surface area (Å²) in [7, 11) is 0. The Kier molecular flexibility index (Phi) is 3.43. The van der Waals surface area contributed by atoms with E-state index in [0.29, 0.717) is 16.8 Å². The zero-order valence-electron chi connectivity index (χ0n) is 14.0. The van der Waals surface area contributed by atoms with Gasteiger partial charge >= 0.3 is 6.01 Å². The summed E-state index contributed by atoms with van der Waals surface area (Å²) in [5.74, 6) is 0.559. The first-order valence-electron chi connectivity index (χ1n) is 8.34. The van der Waals surface area contributed by atoms with Gasteiger partial charge in [0, 0.05) is 11.6 Å². The third-order valence-corrected chi connectivity index (χ3v) is 4.21. The van der Waals surface area contributed by atoms with Gasteiger partial charge < -0.3 is 4.74 Å². The molecule has 2 aromatic carbocycles. The zero-order valence-corrected chi connectivity index (χ0v) is 14.0. The number of aromatic amines is 1. The monoisotopic (exact) mass is 355 g/mol. The van der Waals surface area contributed by atoms with Crippen molar-refractivity contribution in [3.05, 3.63) is 83.4 Å². The SMILES string of the molecule is O=c1[nH]c(Oc2ccc3ncccc3c2)nc2c1cnn2-c1ccccc1. The van der Waals surface area contributed by atoms with Crippen molar-refractivity contribution in [3.63, 3.8) is 0 Å². The minimum Gasteiger partial charge on any atom is -0.426 e. The normalized spacial score (nSPS) is 11.1. The number of fused-ring (bicyclic) bond motifs is 2. The van der Waals surface area contributed by atoms with Crippen LogP contribution in [0.2, 0.25) is 0 Å². The highest BCUT2D eigenvalue weighted by Gasteiger charge is 2.12. The molecule has 0 bridgehead atoms. The van der Waals surface area contributed by atoms with Crippen molar-refractivity contribution in [2.45, 2.75) is 0 Å². The first-order chi connectivity index (χ1) is 13.3. The minimum atomic E-state index is -0.306. The van der Waals surface area contributed by atoms with E-state index in [4.69, 9.17) is 4.74 Å². The summed E-state index contributed by atoms with van der Waals surface area (Å²) in [5.41, 5.74) is 1.80. The molecule has 130 valence electrons. The summed E-state index contributed by atoms with van der Waals surface area (Å²) >= 11 is 0. The van der Waals surface area contributed by atoms with Gasteiger partial charge in [-0.2, -0.15) is 10.1 Å². The Hall–Kier alpha value is -4.00. The second kappa shape index (κ2) is 6.06. The molecule has 0 saturated carbocycles. The summed E-state index contributed by atoms with van der Waals surface area (Å²) in [6.07, 6.45) is 3.24. The number of benzene rings is 2. The number of pyridine rings is 1. The number of rotatable bonds is 3. The van der Waals surface area contributed by atoms with Gasteiger partial charge in [0.05, 0.1) is 17.4 Å². The quantitative estimate of drug-likeness (QED) is 0.536. The van der Waals surface area contributed by atoms with E-state index in [1.807, 2.05) is 54.6 Å². The van der Waals surface area contributed by atoms with Gasteiger partial charge in [-0.15, -0.1) is 0 Å². The number of H-pyrrole nitrogens is 1. The van der Waals surface area contributed by atoms with Gasteiger partial charge in [0.15, 0.2) is 5.65 Å². The lowest BCUT2D eigenvalue weighted by Crippen LogP contribution is -2.10. The van der Waals surface area contributed by atoms with Crippen molar-refractivity contribution in [1.82, 2.24) is 24.7 Å². The van der Waals surface area contributed by atoms with Crippen LogP contribution in [0.3, 0.4) is 0 Å². The number of ether oxygens (including phenoxy) is 1. The van der Waals surface area contributed by atoms with Crippen LogP contribution in [0.15, 0.2) is 77.9 Å². The van der Waals surface area contributed by atoms with E-state index < -0.39 is 0 Å². The molecule has 5 aromatic rings. The van der Waals surface area contributed by atoms with Crippen molar-refractivity contribution in [2.75, 3.05) is 0 Å². The van der Waals surface area contributed by atoms with Crippen LogP contribution in [0.25, 0.3) is 27.6 Å². The third kappa shape index (κ3) is 2.71. The molecule has 7 nitrogen and oxygen atoms in total. The maximum absolute atomic E-state index is 12.4. The van der Waals surface area contributed by atoms with E-state index in [1.165, 1.54) is 6.20 Å². The summed E-state index contributed by atoms with van der Waals surface area (Å²) in [5, 5.41) is 5.62. The molecule has 7 heteroatoms. The second-order valence-corrected chi connectivity index (χ2v) is 5.96. The third-order valence-electron chi connectivity index (χ3n) is 4.21. The molecular formula is C20H13N5O2. The molecule has 0 fully saturated rings. The highest BCUT2D eigenvalue weighted by Crippen LogP contribution is 2.23. The topological polar surface area (TPSA) is 85.7 Å². The molecule has 0 spiro atoms. The Balaban J connectivity index is 1.59. The fourth-order valence-electron chi connectivity index (χ4n) is 2.93. The molecular weight excluding hydrogens is 342 g/mol. The van der Waals surface area contributed by atoms with Crippen LogP contribution in [0.4, 0.5) is 0 Å². The highest BCUT2D eigenvalue weighted by atomic mass is 16.5. The first kappa shape index (κ1) is 15.3. The predicted octanol–water partition coefficient (Wildman–Crippen LogP) is 3.45. The van der Waals surface area contributed by atoms with Crippen LogP contribution < -0.4 is 10.3 Å². The molecule has 0 aliphatic carbocycles. The fourth-order valence-corrected chi connectivity index (χ4v) is 2.93. The average Bonchev–Trinajstić information content (AvgIpc) is 3.13. The van der Waals surface area contributed by atoms with E-state index in [1.54, 1.807) is 16.9 Å². The van der Waals surface area contributed by atoms with Gasteiger partial charge in [-0.1, -0.05) is 24.3 Å². The van der Waals surface area contributed by atoms with E-state index in [-0.39, 0.29) is 11.6 Å². The molecule has 3 aromatic heterocycles. The average molecular weight is 355 g/mol. The van der Waals surface area contributed by atoms with Crippen molar-refractivity contribution >= 4 is 21.9 Å². The summed E-state index contributed by atoms with van der Waals surface area (Å²) in [6, 6.07) is 18.9. The summed E-state index contributed by atoms with van der Waals surface area (Å²) in [6.45, 7) is 0. The lowest BCUT2D eigenvalue weighted by Gasteiger charge is -2.07. The number of nitrogens with one attached hydrogen (secondary N) is 1. The smallest absolute Gasteiger partial charge is 0.304 e. The Bertz CT molecular complexity index is 1320. The minimum absolute atomic E-state index is 0.105. The van der Waals surface area contributed by atoms with Gasteiger partial charge in [0.25, 0.3) is 5.56 Å². The van der Waals surface area contributed by atoms with Gasteiger partial charge in [-0.25, -0.2) is 4.68 Å². The maximum atomic E-state index is 12.4. The number of hydrogen-bond donors (Lipinski definition) is 1. The van der Waals surface area contributed by atoms with E-state index >= 15 is 0 Å². The molecule has 0 atom stereocenters. The van der Waals surface area contributed by atoms with Crippen LogP contribution in [0.5, 0.6) is 11.8 Å². The Morgan fingerprint density at radius 3 is 2.78 bits per heavy atom. The van der Waals surface area contributed by atoms with Crippen LogP contribution in [0, 0.1) is 0 Å². The van der Waals surface area contributed by atoms with Crippen LogP contribution in [-0.2, 0) is 0 Å². The molecule has 0 aliphatic rings. The largest absolute Gasteiger partial charge is 0.426 e. The first-order valence-corrected chi connectivity index (χ1v) is 8.34. The molecule has 0 unspecified atom stereocenters. The van der Waals surface area contributed by atoms with Gasteiger partial charge in [0.2, 0.25) is 0 Å². The van der Waals surface area contributed by atoms with E-state index in [2.05, 4.69) is 20.1 Å². The summed E-state index contributed by atoms with van der Waals surface area (Å²) < 4.78 is 7.41. The second-order valence-electron chi connectivity index (χ2n) is 5.96. The Morgan fingerprint density at radius 2 is 1.89 bits per heavy atom. The van der Waals surface area contributed by atoms with Crippen LogP contribution in [0.1, 0.15) is 0 Å². The Labute approximate surface area is 152 Å². The molecule has 0 aliphatic heterocycles. The molecule has 1 N–H and O–H groups in total. The lowest BCUT2D eigenvalue weighted by molar-refractivity contribution is 0.442. The standard InChI is InChI=1S/C20H13N5O2/c26-19-16-12-22-25(14-6-2-1-3-7-14)18(16)23-20(24-19)27-15-8-9-17-13(11-15)5-4-10-21-17/h1-12H,(H,23,24,26). The van der Waals surface area contributed by atoms with E-state index in [0.717, 1.165) is 16.6 Å². The number of nitrogens with zero attached hydrogens (tertiary/aromatic N) is 4. The molecule has 0 saturated heterocycles. The van der Waals surface area contributed by atoms with Crippen LogP contribution in [-0.4, -0.2) is 24.7 Å². The van der Waals surface area contributed by atoms with E-state index in [9.17, 15) is 4.79 Å². The van der Waals surface area contributed by atoms with Crippen molar-refractivity contribution in [1.29, 1.82) is 0 Å². The van der Waals surface area contributed by atoms with Gasteiger partial charge in [0.1, 0.15) is 11.1 Å². The van der Waals surface area contributed by atoms with Gasteiger partial charge in [-0.3, -0.25) is 14.8 Å². The number of aromatic nitrogens is 5. The molecule has 3 heterocycles. The van der Waals surface area contributed by atoms with Gasteiger partial charge in [-0.05, 0) is 36.4 Å². The number of para-hydroxylation sites is 1. The van der Waals surface area contributed by atoms with Crippen molar-refractivity contribution in [3.8, 4) is 17.4 Å². The highest BCUT2D eigenvalue weighted by molar-refractivity contribution is 5.80. The molecule has 0 radical (unpaired) electrons. The Morgan fingerprint density at radius 1 is 1.00 bits per heavy atom. The van der Waals surface area contributed by atoms with Crippen molar-refractivity contribution in [2.24, 2.45) is 0 Å². The summed E-state index contributed by atoms with van der Waals surface area (Å²) in [4.78, 5) is 23.8. The predicted molar refractivity (Wildman–Crippen MR) is 101 cm³/mol. The number of hydrogen-bond acceptors (Lipinski definition) is 5. The maximum Gasteiger partial charge on any atom is 0.304 e. The molecule has 0 amide bonds.